The van der Waals surface area contributed by atoms with Crippen molar-refractivity contribution >= 4 is 27.6 Å². The van der Waals surface area contributed by atoms with Crippen LogP contribution < -0.4 is 14.8 Å². The minimum atomic E-state index is -3.36. The number of ether oxygens (including phenoxy) is 3. The van der Waals surface area contributed by atoms with Crippen LogP contribution in [-0.2, 0) is 24.3 Å². The van der Waals surface area contributed by atoms with Gasteiger partial charge in [-0.3, -0.25) is 4.79 Å². The first-order valence-corrected chi connectivity index (χ1v) is 12.4. The summed E-state index contributed by atoms with van der Waals surface area (Å²) in [6.07, 6.45) is 0.435. The summed E-state index contributed by atoms with van der Waals surface area (Å²) in [5.74, 6) is 0.0114. The van der Waals surface area contributed by atoms with Crippen molar-refractivity contribution in [3.8, 4) is 11.5 Å². The average molecular weight is 467 g/mol. The molecule has 0 radical (unpaired) electrons. The van der Waals surface area contributed by atoms with Crippen LogP contribution in [0, 0.1) is 0 Å². The van der Waals surface area contributed by atoms with Crippen LogP contribution in [0.4, 0.5) is 5.69 Å². The fourth-order valence-corrected chi connectivity index (χ4v) is 5.22. The van der Waals surface area contributed by atoms with Crippen molar-refractivity contribution in [1.29, 1.82) is 0 Å². The highest BCUT2D eigenvalue weighted by molar-refractivity contribution is 7.89. The number of carbonyl (C=O) groups excluding carboxylic acids is 2. The molecule has 1 saturated heterocycles. The van der Waals surface area contributed by atoms with E-state index in [9.17, 15) is 18.0 Å². The number of anilines is 1. The zero-order chi connectivity index (χ0) is 23.5. The van der Waals surface area contributed by atoms with E-state index >= 15 is 0 Å². The van der Waals surface area contributed by atoms with Crippen LogP contribution in [0.15, 0.2) is 29.3 Å². The molecule has 2 heterocycles. The molecule has 0 saturated carbocycles. The first-order valence-electron chi connectivity index (χ1n) is 10.8. The number of benzene rings is 1. The van der Waals surface area contributed by atoms with Gasteiger partial charge < -0.3 is 19.5 Å². The second-order valence-corrected chi connectivity index (χ2v) is 9.92. The summed E-state index contributed by atoms with van der Waals surface area (Å²) in [5.41, 5.74) is -0.258. The van der Waals surface area contributed by atoms with Crippen LogP contribution >= 0.6 is 0 Å². The fraction of sp³-hybridized carbons (Fsp3) is 0.545. The van der Waals surface area contributed by atoms with E-state index in [1.54, 1.807) is 32.0 Å². The summed E-state index contributed by atoms with van der Waals surface area (Å²) in [5, 5.41) is 2.85. The van der Waals surface area contributed by atoms with Crippen molar-refractivity contribution < 1.29 is 32.2 Å². The molecule has 1 aromatic carbocycles. The number of amides is 1. The van der Waals surface area contributed by atoms with Gasteiger partial charge in [-0.2, -0.15) is 0 Å². The van der Waals surface area contributed by atoms with Crippen molar-refractivity contribution in [2.24, 2.45) is 0 Å². The first-order chi connectivity index (χ1) is 15.2. The van der Waals surface area contributed by atoms with Crippen LogP contribution in [0.3, 0.4) is 0 Å². The molecule has 1 N–H and O–H groups in total. The van der Waals surface area contributed by atoms with Crippen molar-refractivity contribution in [2.45, 2.75) is 46.1 Å². The van der Waals surface area contributed by atoms with E-state index in [0.717, 1.165) is 0 Å². The fourth-order valence-electron chi connectivity index (χ4n) is 4.12. The van der Waals surface area contributed by atoms with Crippen LogP contribution in [0.1, 0.15) is 40.5 Å². The molecule has 9 nitrogen and oxygen atoms in total. The van der Waals surface area contributed by atoms with Crippen molar-refractivity contribution in [3.63, 3.8) is 0 Å². The summed E-state index contributed by atoms with van der Waals surface area (Å²) < 4.78 is 42.6. The number of esters is 1. The van der Waals surface area contributed by atoms with Gasteiger partial charge in [-0.1, -0.05) is 0 Å². The molecule has 1 spiro atoms. The Kier molecular flexibility index (Phi) is 7.14. The molecule has 1 aromatic rings. The average Bonchev–Trinajstić information content (AvgIpc) is 2.99. The third-order valence-corrected chi connectivity index (χ3v) is 7.63. The number of piperidine rings is 1. The topological polar surface area (TPSA) is 111 Å². The van der Waals surface area contributed by atoms with Gasteiger partial charge in [-0.25, -0.2) is 17.5 Å². The molecule has 0 aliphatic carbocycles. The molecule has 0 aromatic heterocycles. The highest BCUT2D eigenvalue weighted by Crippen LogP contribution is 2.42. The number of nitrogens with one attached hydrogen (secondary N) is 1. The third kappa shape index (κ3) is 4.61. The van der Waals surface area contributed by atoms with E-state index in [2.05, 4.69) is 5.32 Å². The second kappa shape index (κ2) is 9.50. The van der Waals surface area contributed by atoms with E-state index in [-0.39, 0.29) is 42.8 Å². The Morgan fingerprint density at radius 1 is 1.16 bits per heavy atom. The Bertz CT molecular complexity index is 1020. The Balaban J connectivity index is 1.88. The van der Waals surface area contributed by atoms with E-state index in [1.165, 1.54) is 4.31 Å². The van der Waals surface area contributed by atoms with Gasteiger partial charge in [-0.05, 0) is 39.8 Å². The summed E-state index contributed by atoms with van der Waals surface area (Å²) in [6.45, 7) is 8.07. The molecule has 2 aliphatic rings. The van der Waals surface area contributed by atoms with E-state index in [0.29, 0.717) is 30.4 Å². The van der Waals surface area contributed by atoms with Gasteiger partial charge in [-0.15, -0.1) is 0 Å². The molecular formula is C22H30N2O7S. The molecule has 1 amide bonds. The predicted octanol–water partition coefficient (Wildman–Crippen LogP) is 2.48. The lowest BCUT2D eigenvalue weighted by Crippen LogP contribution is -2.49. The molecule has 1 fully saturated rings. The van der Waals surface area contributed by atoms with Crippen LogP contribution in [0.2, 0.25) is 0 Å². The molecule has 176 valence electrons. The number of hydrogen-bond donors (Lipinski definition) is 1. The Labute approximate surface area is 188 Å². The van der Waals surface area contributed by atoms with Gasteiger partial charge >= 0.3 is 5.97 Å². The van der Waals surface area contributed by atoms with Gasteiger partial charge in [0.2, 0.25) is 10.0 Å². The van der Waals surface area contributed by atoms with Gasteiger partial charge in [0.25, 0.3) is 5.91 Å². The van der Waals surface area contributed by atoms with Gasteiger partial charge in [0.15, 0.2) is 0 Å². The molecule has 10 heteroatoms. The number of nitrogens with zero attached hydrogens (tertiary/aromatic N) is 1. The Morgan fingerprint density at radius 3 is 2.41 bits per heavy atom. The SMILES string of the molecule is CCOc1ccc(OCC)c(NC(=O)C2=C(C)C(=O)OC23CCN(S(=O)(=O)CC)CC3)c1. The van der Waals surface area contributed by atoms with Crippen molar-refractivity contribution in [3.05, 3.63) is 29.3 Å². The first kappa shape index (κ1) is 24.1. The maximum Gasteiger partial charge on any atom is 0.335 e. The number of rotatable bonds is 8. The lowest BCUT2D eigenvalue weighted by atomic mass is 9.83. The Morgan fingerprint density at radius 2 is 1.81 bits per heavy atom. The zero-order valence-electron chi connectivity index (χ0n) is 18.9. The van der Waals surface area contributed by atoms with Crippen molar-refractivity contribution in [1.82, 2.24) is 4.31 Å². The highest BCUT2D eigenvalue weighted by atomic mass is 32.2. The standard InChI is InChI=1S/C22H30N2O7S/c1-5-29-16-8-9-18(30-6-2)17(14-16)23-20(25)19-15(4)21(26)31-22(19)10-12-24(13-11-22)32(27,28)7-3/h8-9,14H,5-7,10-13H2,1-4H3,(H,23,25). The summed E-state index contributed by atoms with van der Waals surface area (Å²) in [4.78, 5) is 25.8. The number of carbonyl (C=O) groups is 2. The molecule has 32 heavy (non-hydrogen) atoms. The highest BCUT2D eigenvalue weighted by Gasteiger charge is 2.51. The van der Waals surface area contributed by atoms with E-state index in [4.69, 9.17) is 14.2 Å². The molecule has 3 rings (SSSR count). The summed E-state index contributed by atoms with van der Waals surface area (Å²) >= 11 is 0. The van der Waals surface area contributed by atoms with Crippen molar-refractivity contribution in [2.75, 3.05) is 37.4 Å². The number of sulfonamides is 1. The largest absolute Gasteiger partial charge is 0.494 e. The van der Waals surface area contributed by atoms with E-state index < -0.39 is 27.5 Å². The monoisotopic (exact) mass is 466 g/mol. The maximum atomic E-state index is 13.4. The normalized spacial score (nSPS) is 18.6. The van der Waals surface area contributed by atoms with E-state index in [1.807, 2.05) is 13.8 Å². The summed E-state index contributed by atoms with van der Waals surface area (Å²) in [6, 6.07) is 5.14. The van der Waals surface area contributed by atoms with Crippen LogP contribution in [0.5, 0.6) is 11.5 Å². The maximum absolute atomic E-state index is 13.4. The zero-order valence-corrected chi connectivity index (χ0v) is 19.7. The predicted molar refractivity (Wildman–Crippen MR) is 119 cm³/mol. The lowest BCUT2D eigenvalue weighted by Gasteiger charge is -2.38. The Hall–Kier alpha value is -2.59. The minimum absolute atomic E-state index is 0.00161. The van der Waals surface area contributed by atoms with Crippen LogP contribution in [-0.4, -0.2) is 62.3 Å². The van der Waals surface area contributed by atoms with Crippen LogP contribution in [0.25, 0.3) is 0 Å². The van der Waals surface area contributed by atoms with Gasteiger partial charge in [0.1, 0.15) is 17.1 Å². The quantitative estimate of drug-likeness (QED) is 0.586. The summed E-state index contributed by atoms with van der Waals surface area (Å²) in [7, 11) is -3.36. The minimum Gasteiger partial charge on any atom is -0.494 e. The molecule has 0 bridgehead atoms. The van der Waals surface area contributed by atoms with Gasteiger partial charge in [0.05, 0.1) is 30.2 Å². The third-order valence-electron chi connectivity index (χ3n) is 5.75. The molecule has 0 unspecified atom stereocenters. The van der Waals surface area contributed by atoms with Gasteiger partial charge in [0, 0.05) is 37.6 Å². The lowest BCUT2D eigenvalue weighted by molar-refractivity contribution is -0.149. The number of hydrogen-bond acceptors (Lipinski definition) is 7. The molecular weight excluding hydrogens is 436 g/mol. The second-order valence-electron chi connectivity index (χ2n) is 7.66. The molecule has 0 atom stereocenters. The smallest absolute Gasteiger partial charge is 0.335 e. The molecule has 2 aliphatic heterocycles.